The molecule has 3 rings (SSSR count). The molecule has 0 unspecified atom stereocenters. The van der Waals surface area contributed by atoms with Crippen LogP contribution in [0.5, 0.6) is 0 Å². The van der Waals surface area contributed by atoms with Crippen LogP contribution in [-0.2, 0) is 0 Å². The molecule has 0 bridgehead atoms. The van der Waals surface area contributed by atoms with Gasteiger partial charge in [-0.1, -0.05) is 37.5 Å². The van der Waals surface area contributed by atoms with Gasteiger partial charge in [0.2, 0.25) is 0 Å². The Morgan fingerprint density at radius 2 is 1.86 bits per heavy atom. The number of benzene rings is 1. The molecule has 14 heavy (non-hydrogen) atoms. The van der Waals surface area contributed by atoms with Gasteiger partial charge in [0.05, 0.1) is 0 Å². The maximum atomic E-state index is 3.68. The molecule has 0 amide bonds. The third-order valence-electron chi connectivity index (χ3n) is 3.72. The molecule has 1 nitrogen and oxygen atoms in total. The Hall–Kier alpha value is -0.980. The van der Waals surface area contributed by atoms with Crippen LogP contribution in [0, 0.1) is 0 Å². The minimum Gasteiger partial charge on any atom is -0.381 e. The summed E-state index contributed by atoms with van der Waals surface area (Å²) < 4.78 is 0. The molecule has 2 atom stereocenters. The van der Waals surface area contributed by atoms with Gasteiger partial charge < -0.3 is 5.32 Å². The Balaban J connectivity index is 1.96. The van der Waals surface area contributed by atoms with E-state index in [4.69, 9.17) is 0 Å². The lowest BCUT2D eigenvalue weighted by Gasteiger charge is -2.16. The van der Waals surface area contributed by atoms with Crippen LogP contribution >= 0.6 is 0 Å². The van der Waals surface area contributed by atoms with Gasteiger partial charge in [0, 0.05) is 17.6 Å². The topological polar surface area (TPSA) is 12.0 Å². The van der Waals surface area contributed by atoms with Crippen molar-refractivity contribution in [2.24, 2.45) is 0 Å². The molecular formula is C13H17N. The van der Waals surface area contributed by atoms with Crippen LogP contribution in [0.4, 0.5) is 5.69 Å². The van der Waals surface area contributed by atoms with Gasteiger partial charge in [-0.3, -0.25) is 0 Å². The van der Waals surface area contributed by atoms with E-state index in [9.17, 15) is 0 Å². The van der Waals surface area contributed by atoms with Crippen molar-refractivity contribution in [3.8, 4) is 0 Å². The number of fused-ring (bicyclic) bond motifs is 3. The summed E-state index contributed by atoms with van der Waals surface area (Å²) in [6.07, 6.45) is 6.99. The summed E-state index contributed by atoms with van der Waals surface area (Å²) >= 11 is 0. The second-order valence-corrected chi connectivity index (χ2v) is 4.58. The lowest BCUT2D eigenvalue weighted by atomic mass is 9.91. The fraction of sp³-hybridized carbons (Fsp3) is 0.538. The molecule has 0 aromatic heterocycles. The Bertz CT molecular complexity index is 332. The molecule has 0 spiro atoms. The normalized spacial score (nSPS) is 30.0. The summed E-state index contributed by atoms with van der Waals surface area (Å²) in [5.74, 6) is 0.800. The Labute approximate surface area is 85.5 Å². The monoisotopic (exact) mass is 187 g/mol. The van der Waals surface area contributed by atoms with Crippen LogP contribution in [0.15, 0.2) is 24.3 Å². The molecule has 0 radical (unpaired) electrons. The molecular weight excluding hydrogens is 170 g/mol. The molecule has 1 aliphatic carbocycles. The molecule has 1 aliphatic heterocycles. The summed E-state index contributed by atoms with van der Waals surface area (Å²) in [5.41, 5.74) is 2.96. The second kappa shape index (κ2) is 3.30. The van der Waals surface area contributed by atoms with Crippen LogP contribution in [0.1, 0.15) is 43.6 Å². The van der Waals surface area contributed by atoms with Crippen molar-refractivity contribution < 1.29 is 0 Å². The van der Waals surface area contributed by atoms with Crippen LogP contribution < -0.4 is 5.32 Å². The first-order chi connectivity index (χ1) is 6.95. The zero-order chi connectivity index (χ0) is 9.38. The van der Waals surface area contributed by atoms with Gasteiger partial charge in [-0.2, -0.15) is 0 Å². The van der Waals surface area contributed by atoms with Crippen molar-refractivity contribution in [1.29, 1.82) is 0 Å². The molecule has 1 heteroatoms. The van der Waals surface area contributed by atoms with Gasteiger partial charge in [-0.25, -0.2) is 0 Å². The molecule has 1 saturated carbocycles. The van der Waals surface area contributed by atoms with Gasteiger partial charge in [-0.05, 0) is 24.5 Å². The molecule has 1 fully saturated rings. The predicted octanol–water partition coefficient (Wildman–Crippen LogP) is 3.53. The van der Waals surface area contributed by atoms with Gasteiger partial charge in [-0.15, -0.1) is 0 Å². The number of para-hydroxylation sites is 1. The van der Waals surface area contributed by atoms with Crippen LogP contribution in [-0.4, -0.2) is 6.04 Å². The van der Waals surface area contributed by atoms with E-state index >= 15 is 0 Å². The molecule has 1 aromatic rings. The highest BCUT2D eigenvalue weighted by Gasteiger charge is 2.31. The SMILES string of the molecule is c1ccc2c(c1)N[C@H]1CCCCC[C@@H]21. The van der Waals surface area contributed by atoms with E-state index < -0.39 is 0 Å². The zero-order valence-electron chi connectivity index (χ0n) is 8.50. The van der Waals surface area contributed by atoms with Crippen LogP contribution in [0.3, 0.4) is 0 Å². The predicted molar refractivity (Wildman–Crippen MR) is 59.7 cm³/mol. The van der Waals surface area contributed by atoms with Crippen molar-refractivity contribution in [3.05, 3.63) is 29.8 Å². The lowest BCUT2D eigenvalue weighted by Crippen LogP contribution is -2.18. The average molecular weight is 187 g/mol. The molecule has 1 aromatic carbocycles. The van der Waals surface area contributed by atoms with Crippen molar-refractivity contribution >= 4 is 5.69 Å². The molecule has 2 aliphatic rings. The Kier molecular flexibility index (Phi) is 1.97. The first-order valence-corrected chi connectivity index (χ1v) is 5.80. The first kappa shape index (κ1) is 8.34. The summed E-state index contributed by atoms with van der Waals surface area (Å²) in [6, 6.07) is 9.57. The van der Waals surface area contributed by atoms with Gasteiger partial charge in [0.1, 0.15) is 0 Å². The van der Waals surface area contributed by atoms with Crippen molar-refractivity contribution in [2.75, 3.05) is 5.32 Å². The molecule has 74 valence electrons. The quantitative estimate of drug-likeness (QED) is 0.655. The van der Waals surface area contributed by atoms with E-state index in [0.717, 1.165) is 12.0 Å². The maximum absolute atomic E-state index is 3.68. The summed E-state index contributed by atoms with van der Waals surface area (Å²) in [5, 5.41) is 3.68. The van der Waals surface area contributed by atoms with E-state index in [2.05, 4.69) is 29.6 Å². The maximum Gasteiger partial charge on any atom is 0.0378 e. The van der Waals surface area contributed by atoms with E-state index in [1.54, 1.807) is 5.56 Å². The van der Waals surface area contributed by atoms with E-state index in [-0.39, 0.29) is 0 Å². The smallest absolute Gasteiger partial charge is 0.0378 e. The number of hydrogen-bond acceptors (Lipinski definition) is 1. The minimum atomic E-state index is 0.731. The minimum absolute atomic E-state index is 0.731. The summed E-state index contributed by atoms with van der Waals surface area (Å²) in [4.78, 5) is 0. The zero-order valence-corrected chi connectivity index (χ0v) is 8.50. The van der Waals surface area contributed by atoms with Crippen molar-refractivity contribution in [2.45, 2.75) is 44.1 Å². The van der Waals surface area contributed by atoms with Crippen LogP contribution in [0.2, 0.25) is 0 Å². The molecule has 0 saturated heterocycles. The highest BCUT2D eigenvalue weighted by molar-refractivity contribution is 5.59. The average Bonchev–Trinajstić information content (AvgIpc) is 2.42. The fourth-order valence-electron chi connectivity index (χ4n) is 3.00. The molecule has 1 N–H and O–H groups in total. The summed E-state index contributed by atoms with van der Waals surface area (Å²) in [6.45, 7) is 0. The number of anilines is 1. The number of nitrogens with one attached hydrogen (secondary N) is 1. The van der Waals surface area contributed by atoms with Gasteiger partial charge >= 0.3 is 0 Å². The Morgan fingerprint density at radius 3 is 2.86 bits per heavy atom. The first-order valence-electron chi connectivity index (χ1n) is 5.80. The lowest BCUT2D eigenvalue weighted by molar-refractivity contribution is 0.562. The largest absolute Gasteiger partial charge is 0.381 e. The van der Waals surface area contributed by atoms with Crippen molar-refractivity contribution in [1.82, 2.24) is 0 Å². The Morgan fingerprint density at radius 1 is 1.00 bits per heavy atom. The molecule has 1 heterocycles. The highest BCUT2D eigenvalue weighted by atomic mass is 15.0. The number of hydrogen-bond donors (Lipinski definition) is 1. The highest BCUT2D eigenvalue weighted by Crippen LogP contribution is 2.42. The van der Waals surface area contributed by atoms with Gasteiger partial charge in [0.15, 0.2) is 0 Å². The standard InChI is InChI=1S/C13H17N/c1-2-6-10-11-7-4-5-9-13(11)14-12(10)8-3-1/h4-5,7,9-10,12,14H,1-3,6,8H2/t10-,12-/m0/s1. The third kappa shape index (κ3) is 1.23. The van der Waals surface area contributed by atoms with Crippen LogP contribution in [0.25, 0.3) is 0 Å². The van der Waals surface area contributed by atoms with Crippen molar-refractivity contribution in [3.63, 3.8) is 0 Å². The fourth-order valence-corrected chi connectivity index (χ4v) is 3.00. The second-order valence-electron chi connectivity index (χ2n) is 4.58. The third-order valence-corrected chi connectivity index (χ3v) is 3.72. The van der Waals surface area contributed by atoms with Gasteiger partial charge in [0.25, 0.3) is 0 Å². The summed E-state index contributed by atoms with van der Waals surface area (Å²) in [7, 11) is 0. The van der Waals surface area contributed by atoms with E-state index in [1.165, 1.54) is 37.8 Å². The van der Waals surface area contributed by atoms with E-state index in [0.29, 0.717) is 0 Å². The van der Waals surface area contributed by atoms with E-state index in [1.807, 2.05) is 0 Å². The number of rotatable bonds is 0.